The molecule has 2 aromatic rings. The summed E-state index contributed by atoms with van der Waals surface area (Å²) in [6.07, 6.45) is 4.50. The van der Waals surface area contributed by atoms with Gasteiger partial charge in [-0.15, -0.1) is 0 Å². The largest absolute Gasteiger partial charge is 0.369 e. The number of nitrogens with one attached hydrogen (secondary N) is 2. The third kappa shape index (κ3) is 3.92. The Morgan fingerprint density at radius 2 is 2.00 bits per heavy atom. The number of benzene rings is 1. The predicted octanol–water partition coefficient (Wildman–Crippen LogP) is 4.11. The molecule has 0 atom stereocenters. The fourth-order valence-electron chi connectivity index (χ4n) is 1.58. The average molecular weight is 321 g/mol. The minimum Gasteiger partial charge on any atom is -0.369 e. The molecule has 5 heteroatoms. The van der Waals surface area contributed by atoms with Gasteiger partial charge < -0.3 is 10.6 Å². The summed E-state index contributed by atoms with van der Waals surface area (Å²) in [6.45, 7) is 5.07. The second kappa shape index (κ2) is 6.52. The summed E-state index contributed by atoms with van der Waals surface area (Å²) < 4.78 is 1.07. The molecule has 0 fully saturated rings. The molecular formula is C14H17BrN4. The fraction of sp³-hybridized carbons (Fsp3) is 0.286. The van der Waals surface area contributed by atoms with Crippen LogP contribution in [0.4, 0.5) is 17.3 Å². The van der Waals surface area contributed by atoms with Gasteiger partial charge in [0.2, 0.25) is 0 Å². The van der Waals surface area contributed by atoms with Crippen LogP contribution in [0.25, 0.3) is 0 Å². The van der Waals surface area contributed by atoms with Crippen molar-refractivity contribution in [3.63, 3.8) is 0 Å². The SMILES string of the molecule is CCCNc1cncc(Nc2ccc(C)c(Br)c2)n1. The Kier molecular flexibility index (Phi) is 4.74. The van der Waals surface area contributed by atoms with Crippen molar-refractivity contribution in [2.75, 3.05) is 17.2 Å². The topological polar surface area (TPSA) is 49.8 Å². The van der Waals surface area contributed by atoms with Gasteiger partial charge in [0.1, 0.15) is 5.82 Å². The summed E-state index contributed by atoms with van der Waals surface area (Å²) in [5, 5.41) is 6.46. The average Bonchev–Trinajstić information content (AvgIpc) is 2.41. The molecule has 1 aromatic carbocycles. The third-order valence-electron chi connectivity index (χ3n) is 2.63. The van der Waals surface area contributed by atoms with Gasteiger partial charge in [-0.1, -0.05) is 28.9 Å². The maximum absolute atomic E-state index is 4.46. The lowest BCUT2D eigenvalue weighted by Crippen LogP contribution is -2.04. The van der Waals surface area contributed by atoms with Gasteiger partial charge >= 0.3 is 0 Å². The van der Waals surface area contributed by atoms with E-state index in [9.17, 15) is 0 Å². The zero-order valence-electron chi connectivity index (χ0n) is 11.1. The van der Waals surface area contributed by atoms with Gasteiger partial charge in [0.15, 0.2) is 5.82 Å². The van der Waals surface area contributed by atoms with Crippen LogP contribution in [0.2, 0.25) is 0 Å². The lowest BCUT2D eigenvalue weighted by Gasteiger charge is -2.09. The Morgan fingerprint density at radius 1 is 1.21 bits per heavy atom. The summed E-state index contributed by atoms with van der Waals surface area (Å²) in [6, 6.07) is 6.11. The number of rotatable bonds is 5. The van der Waals surface area contributed by atoms with E-state index in [2.05, 4.69) is 56.4 Å². The molecule has 0 bridgehead atoms. The molecule has 0 aliphatic carbocycles. The first-order chi connectivity index (χ1) is 9.19. The molecule has 0 aliphatic rings. The Hall–Kier alpha value is -1.62. The molecule has 1 aromatic heterocycles. The van der Waals surface area contributed by atoms with E-state index in [1.54, 1.807) is 12.4 Å². The zero-order valence-corrected chi connectivity index (χ0v) is 12.7. The minimum absolute atomic E-state index is 0.733. The Labute approximate surface area is 121 Å². The molecule has 19 heavy (non-hydrogen) atoms. The first-order valence-electron chi connectivity index (χ1n) is 6.28. The zero-order chi connectivity index (χ0) is 13.7. The smallest absolute Gasteiger partial charge is 0.151 e. The van der Waals surface area contributed by atoms with Gasteiger partial charge in [-0.25, -0.2) is 4.98 Å². The molecule has 0 unspecified atom stereocenters. The lowest BCUT2D eigenvalue weighted by molar-refractivity contribution is 0.965. The summed E-state index contributed by atoms with van der Waals surface area (Å²) in [5.74, 6) is 1.52. The normalized spacial score (nSPS) is 10.3. The van der Waals surface area contributed by atoms with Crippen molar-refractivity contribution in [2.45, 2.75) is 20.3 Å². The van der Waals surface area contributed by atoms with Crippen molar-refractivity contribution in [1.82, 2.24) is 9.97 Å². The lowest BCUT2D eigenvalue weighted by atomic mass is 10.2. The van der Waals surface area contributed by atoms with Crippen molar-refractivity contribution in [3.8, 4) is 0 Å². The highest BCUT2D eigenvalue weighted by molar-refractivity contribution is 9.10. The minimum atomic E-state index is 0.733. The van der Waals surface area contributed by atoms with Gasteiger partial charge in [-0.3, -0.25) is 4.98 Å². The van der Waals surface area contributed by atoms with Crippen LogP contribution in [0.3, 0.4) is 0 Å². The van der Waals surface area contributed by atoms with Crippen LogP contribution in [0, 0.1) is 6.92 Å². The van der Waals surface area contributed by atoms with Crippen LogP contribution in [0.15, 0.2) is 35.1 Å². The summed E-state index contributed by atoms with van der Waals surface area (Å²) in [4.78, 5) is 8.63. The quantitative estimate of drug-likeness (QED) is 0.870. The highest BCUT2D eigenvalue weighted by atomic mass is 79.9. The van der Waals surface area contributed by atoms with E-state index in [0.29, 0.717) is 0 Å². The highest BCUT2D eigenvalue weighted by Crippen LogP contribution is 2.23. The van der Waals surface area contributed by atoms with Crippen LogP contribution in [0.5, 0.6) is 0 Å². The van der Waals surface area contributed by atoms with Crippen LogP contribution in [0.1, 0.15) is 18.9 Å². The van der Waals surface area contributed by atoms with E-state index < -0.39 is 0 Å². The first-order valence-corrected chi connectivity index (χ1v) is 7.07. The van der Waals surface area contributed by atoms with E-state index in [1.165, 1.54) is 5.56 Å². The van der Waals surface area contributed by atoms with E-state index >= 15 is 0 Å². The van der Waals surface area contributed by atoms with E-state index in [0.717, 1.165) is 34.8 Å². The van der Waals surface area contributed by atoms with Gasteiger partial charge in [-0.2, -0.15) is 0 Å². The Bertz CT molecular complexity index is 557. The van der Waals surface area contributed by atoms with E-state index in [1.807, 2.05) is 12.1 Å². The molecule has 0 aliphatic heterocycles. The third-order valence-corrected chi connectivity index (χ3v) is 3.49. The van der Waals surface area contributed by atoms with Crippen LogP contribution >= 0.6 is 15.9 Å². The van der Waals surface area contributed by atoms with Gasteiger partial charge in [0.05, 0.1) is 12.4 Å². The molecule has 4 nitrogen and oxygen atoms in total. The second-order valence-corrected chi connectivity index (χ2v) is 5.16. The van der Waals surface area contributed by atoms with Crippen LogP contribution in [-0.2, 0) is 0 Å². The summed E-state index contributed by atoms with van der Waals surface area (Å²) in [5.41, 5.74) is 2.19. The van der Waals surface area contributed by atoms with E-state index in [4.69, 9.17) is 0 Å². The molecule has 0 radical (unpaired) electrons. The Balaban J connectivity index is 2.11. The Morgan fingerprint density at radius 3 is 2.74 bits per heavy atom. The number of halogens is 1. The fourth-order valence-corrected chi connectivity index (χ4v) is 1.96. The van der Waals surface area contributed by atoms with Crippen LogP contribution in [-0.4, -0.2) is 16.5 Å². The second-order valence-electron chi connectivity index (χ2n) is 4.31. The molecule has 1 heterocycles. The van der Waals surface area contributed by atoms with Gasteiger partial charge in [0.25, 0.3) is 0 Å². The monoisotopic (exact) mass is 320 g/mol. The molecule has 100 valence electrons. The summed E-state index contributed by atoms with van der Waals surface area (Å²) in [7, 11) is 0. The number of aryl methyl sites for hydroxylation is 1. The number of nitrogens with zero attached hydrogens (tertiary/aromatic N) is 2. The molecule has 0 saturated heterocycles. The molecule has 0 spiro atoms. The molecule has 0 amide bonds. The molecular weight excluding hydrogens is 304 g/mol. The number of hydrogen-bond donors (Lipinski definition) is 2. The number of anilines is 3. The van der Waals surface area contributed by atoms with Crippen molar-refractivity contribution in [3.05, 3.63) is 40.6 Å². The maximum atomic E-state index is 4.46. The highest BCUT2D eigenvalue weighted by Gasteiger charge is 2.01. The van der Waals surface area contributed by atoms with Gasteiger partial charge in [-0.05, 0) is 31.0 Å². The van der Waals surface area contributed by atoms with Crippen molar-refractivity contribution in [1.29, 1.82) is 0 Å². The van der Waals surface area contributed by atoms with Gasteiger partial charge in [0, 0.05) is 16.7 Å². The molecule has 2 rings (SSSR count). The number of hydrogen-bond acceptors (Lipinski definition) is 4. The van der Waals surface area contributed by atoms with Crippen molar-refractivity contribution >= 4 is 33.3 Å². The molecule has 2 N–H and O–H groups in total. The van der Waals surface area contributed by atoms with Crippen LogP contribution < -0.4 is 10.6 Å². The standard InChI is InChI=1S/C14H17BrN4/c1-3-6-17-13-8-16-9-14(19-13)18-11-5-4-10(2)12(15)7-11/h4-5,7-9H,3,6H2,1-2H3,(H2,17,18,19). The number of aromatic nitrogens is 2. The van der Waals surface area contributed by atoms with E-state index in [-0.39, 0.29) is 0 Å². The molecule has 0 saturated carbocycles. The van der Waals surface area contributed by atoms with Crippen molar-refractivity contribution in [2.24, 2.45) is 0 Å². The maximum Gasteiger partial charge on any atom is 0.151 e. The summed E-state index contributed by atoms with van der Waals surface area (Å²) >= 11 is 3.52. The first kappa shape index (κ1) is 13.8. The van der Waals surface area contributed by atoms with Crippen molar-refractivity contribution < 1.29 is 0 Å². The predicted molar refractivity (Wildman–Crippen MR) is 83.0 cm³/mol.